The van der Waals surface area contributed by atoms with Crippen LogP contribution in [0.5, 0.6) is 5.75 Å². The summed E-state index contributed by atoms with van der Waals surface area (Å²) in [5.41, 5.74) is 2.78. The van der Waals surface area contributed by atoms with Gasteiger partial charge in [0.1, 0.15) is 5.75 Å². The van der Waals surface area contributed by atoms with Gasteiger partial charge in [-0.05, 0) is 48.9 Å². The van der Waals surface area contributed by atoms with Crippen molar-refractivity contribution in [3.8, 4) is 17.1 Å². The predicted octanol–water partition coefficient (Wildman–Crippen LogP) is 4.24. The Morgan fingerprint density at radius 1 is 1.13 bits per heavy atom. The number of para-hydroxylation sites is 1. The third-order valence-corrected chi connectivity index (χ3v) is 4.47. The highest BCUT2D eigenvalue weighted by Gasteiger charge is 2.11. The normalized spacial score (nSPS) is 10.3. The third kappa shape index (κ3) is 6.57. The molecule has 0 atom stereocenters. The van der Waals surface area contributed by atoms with Crippen LogP contribution < -0.4 is 15.4 Å². The topological polar surface area (TPSA) is 89.3 Å². The van der Waals surface area contributed by atoms with Crippen LogP contribution in [0.15, 0.2) is 53.1 Å². The number of ether oxygens (including phenoxy) is 1. The average molecular weight is 431 g/mol. The Bertz CT molecular complexity index is 928. The summed E-state index contributed by atoms with van der Waals surface area (Å²) in [4.78, 5) is 16.7. The predicted molar refractivity (Wildman–Crippen MR) is 119 cm³/mol. The van der Waals surface area contributed by atoms with Crippen molar-refractivity contribution in [1.82, 2.24) is 15.5 Å². The number of aryl methyl sites for hydroxylation is 1. The summed E-state index contributed by atoms with van der Waals surface area (Å²) in [5.74, 6) is 1.81. The standard InChI is InChI=1S/C22H26N4O3.ClH/c1-3-23-15-17-7-4-5-8-19(17)24-20(27)9-6-10-21-25-22(26-29-21)16-11-13-18(28-2)14-12-16;/h4-5,7-8,11-14,23H,3,6,9-10,15H2,1-2H3,(H,24,27);1H. The quantitative estimate of drug-likeness (QED) is 0.500. The summed E-state index contributed by atoms with van der Waals surface area (Å²) in [7, 11) is 1.62. The number of amides is 1. The molecule has 30 heavy (non-hydrogen) atoms. The van der Waals surface area contributed by atoms with Gasteiger partial charge in [0.05, 0.1) is 7.11 Å². The van der Waals surface area contributed by atoms with E-state index in [2.05, 4.69) is 27.7 Å². The van der Waals surface area contributed by atoms with Gasteiger partial charge >= 0.3 is 0 Å². The van der Waals surface area contributed by atoms with Crippen molar-refractivity contribution in [3.63, 3.8) is 0 Å². The SMILES string of the molecule is CCNCc1ccccc1NC(=O)CCCc1nc(-c2ccc(OC)cc2)no1.Cl. The van der Waals surface area contributed by atoms with E-state index in [1.54, 1.807) is 7.11 Å². The largest absolute Gasteiger partial charge is 0.497 e. The Kier molecular flexibility index (Phi) is 9.31. The maximum Gasteiger partial charge on any atom is 0.226 e. The molecule has 0 aliphatic heterocycles. The zero-order valence-corrected chi connectivity index (χ0v) is 18.0. The van der Waals surface area contributed by atoms with Gasteiger partial charge in [0, 0.05) is 30.6 Å². The molecule has 2 N–H and O–H groups in total. The molecule has 1 heterocycles. The van der Waals surface area contributed by atoms with Crippen molar-refractivity contribution in [2.24, 2.45) is 0 Å². The molecule has 7 nitrogen and oxygen atoms in total. The fraction of sp³-hybridized carbons (Fsp3) is 0.318. The smallest absolute Gasteiger partial charge is 0.226 e. The number of rotatable bonds is 10. The lowest BCUT2D eigenvalue weighted by Gasteiger charge is -2.11. The summed E-state index contributed by atoms with van der Waals surface area (Å²) in [6.45, 7) is 3.66. The zero-order valence-electron chi connectivity index (χ0n) is 17.2. The molecule has 2 aromatic carbocycles. The number of aromatic nitrogens is 2. The number of hydrogen-bond donors (Lipinski definition) is 2. The minimum absolute atomic E-state index is 0. The highest BCUT2D eigenvalue weighted by Crippen LogP contribution is 2.20. The lowest BCUT2D eigenvalue weighted by molar-refractivity contribution is -0.116. The number of nitrogens with zero attached hydrogens (tertiary/aromatic N) is 2. The van der Waals surface area contributed by atoms with E-state index in [1.807, 2.05) is 48.5 Å². The molecular weight excluding hydrogens is 404 g/mol. The summed E-state index contributed by atoms with van der Waals surface area (Å²) >= 11 is 0. The Labute approximate surface area is 182 Å². The molecule has 8 heteroatoms. The van der Waals surface area contributed by atoms with Crippen LogP contribution in [0.4, 0.5) is 5.69 Å². The van der Waals surface area contributed by atoms with Crippen molar-refractivity contribution < 1.29 is 14.1 Å². The fourth-order valence-corrected chi connectivity index (χ4v) is 2.88. The second-order valence-corrected chi connectivity index (χ2v) is 6.58. The number of nitrogens with one attached hydrogen (secondary N) is 2. The summed E-state index contributed by atoms with van der Waals surface area (Å²) in [6, 6.07) is 15.3. The van der Waals surface area contributed by atoms with E-state index < -0.39 is 0 Å². The van der Waals surface area contributed by atoms with Crippen LogP contribution >= 0.6 is 12.4 Å². The number of hydrogen-bond acceptors (Lipinski definition) is 6. The van der Waals surface area contributed by atoms with Crippen LogP contribution in [0.3, 0.4) is 0 Å². The van der Waals surface area contributed by atoms with E-state index >= 15 is 0 Å². The second kappa shape index (κ2) is 11.9. The molecule has 0 unspecified atom stereocenters. The highest BCUT2D eigenvalue weighted by molar-refractivity contribution is 5.91. The van der Waals surface area contributed by atoms with E-state index in [-0.39, 0.29) is 18.3 Å². The Morgan fingerprint density at radius 3 is 2.63 bits per heavy atom. The minimum atomic E-state index is -0.0242. The maximum absolute atomic E-state index is 12.3. The molecule has 3 rings (SSSR count). The Hall–Kier alpha value is -2.90. The van der Waals surface area contributed by atoms with Crippen LogP contribution in [-0.4, -0.2) is 29.7 Å². The number of benzene rings is 2. The first-order valence-electron chi connectivity index (χ1n) is 9.75. The molecule has 0 saturated carbocycles. The van der Waals surface area contributed by atoms with E-state index in [1.165, 1.54) is 0 Å². The maximum atomic E-state index is 12.3. The number of methoxy groups -OCH3 is 1. The van der Waals surface area contributed by atoms with Gasteiger partial charge in [-0.2, -0.15) is 4.98 Å². The first-order valence-corrected chi connectivity index (χ1v) is 9.75. The van der Waals surface area contributed by atoms with E-state index in [9.17, 15) is 4.79 Å². The van der Waals surface area contributed by atoms with Crippen molar-refractivity contribution in [2.75, 3.05) is 19.0 Å². The molecule has 1 amide bonds. The second-order valence-electron chi connectivity index (χ2n) is 6.58. The molecule has 1 aromatic heterocycles. The first-order chi connectivity index (χ1) is 14.2. The number of carbonyl (C=O) groups is 1. The summed E-state index contributed by atoms with van der Waals surface area (Å²) in [5, 5.41) is 10.3. The van der Waals surface area contributed by atoms with Crippen LogP contribution in [0.25, 0.3) is 11.4 Å². The Morgan fingerprint density at radius 2 is 1.90 bits per heavy atom. The first kappa shape index (κ1) is 23.4. The van der Waals surface area contributed by atoms with E-state index in [0.717, 1.165) is 35.7 Å². The molecule has 0 saturated heterocycles. The monoisotopic (exact) mass is 430 g/mol. The molecule has 0 spiro atoms. The average Bonchev–Trinajstić information content (AvgIpc) is 3.22. The van der Waals surface area contributed by atoms with E-state index in [0.29, 0.717) is 31.0 Å². The number of anilines is 1. The van der Waals surface area contributed by atoms with Crippen molar-refractivity contribution >= 4 is 24.0 Å². The molecule has 0 fully saturated rings. The number of halogens is 1. The third-order valence-electron chi connectivity index (χ3n) is 4.47. The number of carbonyl (C=O) groups excluding carboxylic acids is 1. The van der Waals surface area contributed by atoms with Crippen LogP contribution in [0.1, 0.15) is 31.2 Å². The van der Waals surface area contributed by atoms with Gasteiger partial charge < -0.3 is 19.9 Å². The summed E-state index contributed by atoms with van der Waals surface area (Å²) < 4.78 is 10.5. The molecule has 0 aliphatic carbocycles. The van der Waals surface area contributed by atoms with Gasteiger partial charge in [-0.3, -0.25) is 4.79 Å². The molecule has 160 valence electrons. The van der Waals surface area contributed by atoms with E-state index in [4.69, 9.17) is 9.26 Å². The molecular formula is C22H27ClN4O3. The van der Waals surface area contributed by atoms with Crippen LogP contribution in [0, 0.1) is 0 Å². The fourth-order valence-electron chi connectivity index (χ4n) is 2.88. The van der Waals surface area contributed by atoms with Gasteiger partial charge in [0.25, 0.3) is 0 Å². The van der Waals surface area contributed by atoms with Gasteiger partial charge in [-0.15, -0.1) is 12.4 Å². The minimum Gasteiger partial charge on any atom is -0.497 e. The van der Waals surface area contributed by atoms with Crippen LogP contribution in [-0.2, 0) is 17.8 Å². The highest BCUT2D eigenvalue weighted by atomic mass is 35.5. The lowest BCUT2D eigenvalue weighted by atomic mass is 10.1. The molecule has 3 aromatic rings. The van der Waals surface area contributed by atoms with Crippen molar-refractivity contribution in [2.45, 2.75) is 32.7 Å². The molecule has 0 aliphatic rings. The molecule has 0 radical (unpaired) electrons. The molecule has 0 bridgehead atoms. The van der Waals surface area contributed by atoms with Crippen LogP contribution in [0.2, 0.25) is 0 Å². The zero-order chi connectivity index (χ0) is 20.5. The Balaban J connectivity index is 0.00000320. The van der Waals surface area contributed by atoms with Gasteiger partial charge in [0.15, 0.2) is 0 Å². The van der Waals surface area contributed by atoms with Gasteiger partial charge in [-0.25, -0.2) is 0 Å². The van der Waals surface area contributed by atoms with Crippen molar-refractivity contribution in [1.29, 1.82) is 0 Å². The van der Waals surface area contributed by atoms with Crippen molar-refractivity contribution in [3.05, 3.63) is 60.0 Å². The van der Waals surface area contributed by atoms with Gasteiger partial charge in [-0.1, -0.05) is 30.3 Å². The summed E-state index contributed by atoms with van der Waals surface area (Å²) in [6.07, 6.45) is 1.57. The lowest BCUT2D eigenvalue weighted by Crippen LogP contribution is -2.17. The van der Waals surface area contributed by atoms with Gasteiger partial charge in [0.2, 0.25) is 17.6 Å².